The van der Waals surface area contributed by atoms with Gasteiger partial charge in [0.25, 0.3) is 5.91 Å². The molecule has 4 rings (SSSR count). The van der Waals surface area contributed by atoms with E-state index < -0.39 is 6.61 Å². The lowest BCUT2D eigenvalue weighted by Gasteiger charge is -2.30. The van der Waals surface area contributed by atoms with Gasteiger partial charge in [0.2, 0.25) is 5.91 Å². The van der Waals surface area contributed by atoms with E-state index in [1.54, 1.807) is 40.6 Å². The number of carbonyl (C=O) groups is 2. The molecule has 1 aliphatic heterocycles. The molecule has 31 heavy (non-hydrogen) atoms. The van der Waals surface area contributed by atoms with Gasteiger partial charge in [0.1, 0.15) is 5.75 Å². The molecular formula is C21H19F2N3O4S. The first kappa shape index (κ1) is 21.0. The lowest BCUT2D eigenvalue weighted by atomic mass is 9.96. The molecular weight excluding hydrogens is 428 g/mol. The van der Waals surface area contributed by atoms with Crippen molar-refractivity contribution < 1.29 is 27.5 Å². The molecule has 1 fully saturated rings. The summed E-state index contributed by atoms with van der Waals surface area (Å²) in [5.41, 5.74) is 0.861. The van der Waals surface area contributed by atoms with Crippen molar-refractivity contribution in [3.63, 3.8) is 0 Å². The minimum atomic E-state index is -2.94. The van der Waals surface area contributed by atoms with E-state index in [9.17, 15) is 18.4 Å². The number of thiazole rings is 1. The number of rotatable bonds is 6. The average molecular weight is 447 g/mol. The van der Waals surface area contributed by atoms with Crippen molar-refractivity contribution >= 4 is 28.3 Å². The molecule has 0 aliphatic carbocycles. The van der Waals surface area contributed by atoms with Crippen molar-refractivity contribution in [2.75, 3.05) is 18.4 Å². The van der Waals surface area contributed by atoms with Crippen LogP contribution in [0, 0.1) is 5.92 Å². The molecule has 0 spiro atoms. The number of likely N-dealkylation sites (tertiary alicyclic amines) is 1. The van der Waals surface area contributed by atoms with E-state index in [-0.39, 0.29) is 29.2 Å². The van der Waals surface area contributed by atoms with Crippen LogP contribution in [0.15, 0.2) is 52.5 Å². The van der Waals surface area contributed by atoms with Gasteiger partial charge in [-0.3, -0.25) is 9.59 Å². The van der Waals surface area contributed by atoms with Crippen LogP contribution in [0.5, 0.6) is 5.75 Å². The van der Waals surface area contributed by atoms with E-state index in [2.05, 4.69) is 15.0 Å². The highest BCUT2D eigenvalue weighted by Crippen LogP contribution is 2.33. The average Bonchev–Trinajstić information content (AvgIpc) is 3.46. The minimum absolute atomic E-state index is 0.0225. The van der Waals surface area contributed by atoms with Crippen molar-refractivity contribution in [3.05, 3.63) is 53.8 Å². The normalized spacial score (nSPS) is 14.6. The molecule has 162 valence electrons. The Balaban J connectivity index is 1.35. The molecule has 2 amide bonds. The molecule has 3 aromatic rings. The summed E-state index contributed by atoms with van der Waals surface area (Å²) in [5.74, 6) is -0.299. The summed E-state index contributed by atoms with van der Waals surface area (Å²) in [6, 6.07) is 9.64. The number of halogens is 2. The van der Waals surface area contributed by atoms with E-state index in [1.165, 1.54) is 23.7 Å². The highest BCUT2D eigenvalue weighted by molar-refractivity contribution is 7.14. The second-order valence-electron chi connectivity index (χ2n) is 6.95. The van der Waals surface area contributed by atoms with E-state index in [0.717, 1.165) is 0 Å². The molecule has 0 bridgehead atoms. The van der Waals surface area contributed by atoms with Crippen LogP contribution >= 0.6 is 11.3 Å². The largest absolute Gasteiger partial charge is 0.459 e. The smallest absolute Gasteiger partial charge is 0.387 e. The number of piperidine rings is 1. The zero-order valence-corrected chi connectivity index (χ0v) is 17.1. The Morgan fingerprint density at radius 3 is 2.68 bits per heavy atom. The van der Waals surface area contributed by atoms with E-state index in [1.807, 2.05) is 0 Å². The molecule has 0 radical (unpaired) electrons. The molecule has 0 saturated carbocycles. The molecule has 1 aromatic carbocycles. The fourth-order valence-corrected chi connectivity index (χ4v) is 4.15. The Morgan fingerprint density at radius 2 is 1.97 bits per heavy atom. The summed E-state index contributed by atoms with van der Waals surface area (Å²) in [5, 5.41) is 4.84. The Bertz CT molecular complexity index is 1050. The van der Waals surface area contributed by atoms with Crippen LogP contribution in [0.1, 0.15) is 23.4 Å². The molecule has 1 aliphatic rings. The number of benzene rings is 1. The van der Waals surface area contributed by atoms with Gasteiger partial charge >= 0.3 is 6.61 Å². The Hall–Kier alpha value is -3.27. The molecule has 10 heteroatoms. The summed E-state index contributed by atoms with van der Waals surface area (Å²) in [6.07, 6.45) is 2.51. The zero-order valence-electron chi connectivity index (χ0n) is 16.3. The van der Waals surface area contributed by atoms with Gasteiger partial charge < -0.3 is 19.4 Å². The van der Waals surface area contributed by atoms with Crippen LogP contribution in [0.2, 0.25) is 0 Å². The highest BCUT2D eigenvalue weighted by atomic mass is 32.1. The number of aromatic nitrogens is 1. The number of nitrogens with zero attached hydrogens (tertiary/aromatic N) is 2. The maximum absolute atomic E-state index is 12.6. The first-order chi connectivity index (χ1) is 15.0. The van der Waals surface area contributed by atoms with Crippen LogP contribution in [0.25, 0.3) is 11.3 Å². The van der Waals surface area contributed by atoms with Crippen LogP contribution in [0.4, 0.5) is 13.9 Å². The molecule has 1 N–H and O–H groups in total. The number of nitrogens with one attached hydrogen (secondary N) is 1. The van der Waals surface area contributed by atoms with Gasteiger partial charge in [-0.2, -0.15) is 8.78 Å². The number of furan rings is 1. The van der Waals surface area contributed by atoms with Crippen molar-refractivity contribution in [3.8, 4) is 17.0 Å². The van der Waals surface area contributed by atoms with Crippen LogP contribution in [-0.2, 0) is 4.79 Å². The summed E-state index contributed by atoms with van der Waals surface area (Å²) in [4.78, 5) is 31.0. The third kappa shape index (κ3) is 4.91. The second-order valence-corrected chi connectivity index (χ2v) is 7.80. The summed E-state index contributed by atoms with van der Waals surface area (Å²) in [7, 11) is 0. The lowest BCUT2D eigenvalue weighted by Crippen LogP contribution is -2.41. The molecule has 7 nitrogen and oxygen atoms in total. The summed E-state index contributed by atoms with van der Waals surface area (Å²) < 4.78 is 34.9. The number of ether oxygens (including phenoxy) is 1. The van der Waals surface area contributed by atoms with Crippen LogP contribution in [-0.4, -0.2) is 41.4 Å². The number of para-hydroxylation sites is 1. The highest BCUT2D eigenvalue weighted by Gasteiger charge is 2.29. The second kappa shape index (κ2) is 9.25. The minimum Gasteiger partial charge on any atom is -0.459 e. The van der Waals surface area contributed by atoms with Gasteiger partial charge in [0.05, 0.1) is 12.0 Å². The van der Waals surface area contributed by atoms with Gasteiger partial charge in [-0.15, -0.1) is 11.3 Å². The number of alkyl halides is 2. The predicted octanol–water partition coefficient (Wildman–Crippen LogP) is 4.50. The summed E-state index contributed by atoms with van der Waals surface area (Å²) in [6.45, 7) is -2.03. The Labute approximate surface area is 180 Å². The molecule has 1 saturated heterocycles. The van der Waals surface area contributed by atoms with Crippen molar-refractivity contribution in [1.29, 1.82) is 0 Å². The summed E-state index contributed by atoms with van der Waals surface area (Å²) >= 11 is 1.20. The molecule has 0 atom stereocenters. The Morgan fingerprint density at radius 1 is 1.19 bits per heavy atom. The molecule has 3 heterocycles. The number of carbonyl (C=O) groups excluding carboxylic acids is 2. The fourth-order valence-electron chi connectivity index (χ4n) is 3.44. The number of hydrogen-bond acceptors (Lipinski definition) is 6. The van der Waals surface area contributed by atoms with E-state index in [4.69, 9.17) is 4.42 Å². The Kier molecular flexibility index (Phi) is 6.26. The van der Waals surface area contributed by atoms with Crippen molar-refractivity contribution in [2.24, 2.45) is 5.92 Å². The quantitative estimate of drug-likeness (QED) is 0.602. The zero-order chi connectivity index (χ0) is 21.8. The third-order valence-electron chi connectivity index (χ3n) is 5.00. The van der Waals surface area contributed by atoms with Gasteiger partial charge in [-0.05, 0) is 37.1 Å². The maximum Gasteiger partial charge on any atom is 0.387 e. The van der Waals surface area contributed by atoms with Gasteiger partial charge in [0.15, 0.2) is 10.9 Å². The number of hydrogen-bond donors (Lipinski definition) is 1. The SMILES string of the molecule is O=C(Nc1nc(-c2ccccc2OC(F)F)cs1)C1CCN(C(=O)c2ccco2)CC1. The number of amides is 2. The first-order valence-electron chi connectivity index (χ1n) is 9.64. The van der Waals surface area contributed by atoms with Crippen LogP contribution < -0.4 is 10.1 Å². The number of anilines is 1. The van der Waals surface area contributed by atoms with E-state index >= 15 is 0 Å². The standard InChI is InChI=1S/C21H19F2N3O4S/c22-20(23)30-16-5-2-1-4-14(16)15-12-31-21(24-15)25-18(27)13-7-9-26(10-8-13)19(28)17-6-3-11-29-17/h1-6,11-13,20H,7-10H2,(H,24,25,27). The molecule has 0 unspecified atom stereocenters. The monoisotopic (exact) mass is 447 g/mol. The van der Waals surface area contributed by atoms with Crippen LogP contribution in [0.3, 0.4) is 0 Å². The van der Waals surface area contributed by atoms with Gasteiger partial charge in [-0.25, -0.2) is 4.98 Å². The third-order valence-corrected chi connectivity index (χ3v) is 5.76. The van der Waals surface area contributed by atoms with Crippen molar-refractivity contribution in [1.82, 2.24) is 9.88 Å². The van der Waals surface area contributed by atoms with Gasteiger partial charge in [0, 0.05) is 30.0 Å². The van der Waals surface area contributed by atoms with Crippen molar-refractivity contribution in [2.45, 2.75) is 19.5 Å². The first-order valence-corrected chi connectivity index (χ1v) is 10.5. The van der Waals surface area contributed by atoms with E-state index in [0.29, 0.717) is 42.3 Å². The topological polar surface area (TPSA) is 84.7 Å². The lowest BCUT2D eigenvalue weighted by molar-refractivity contribution is -0.121. The predicted molar refractivity (Wildman–Crippen MR) is 110 cm³/mol. The fraction of sp³-hybridized carbons (Fsp3) is 0.286. The maximum atomic E-state index is 12.6. The molecule has 2 aromatic heterocycles. The van der Waals surface area contributed by atoms with Gasteiger partial charge in [-0.1, -0.05) is 12.1 Å².